The summed E-state index contributed by atoms with van der Waals surface area (Å²) in [5.74, 6) is -0.0480. The number of nitrogens with zero attached hydrogens (tertiary/aromatic N) is 1. The van der Waals surface area contributed by atoms with Gasteiger partial charge >= 0.3 is 0 Å². The summed E-state index contributed by atoms with van der Waals surface area (Å²) in [4.78, 5) is 30.1. The first-order valence-electron chi connectivity index (χ1n) is 12.9. The van der Waals surface area contributed by atoms with Crippen LogP contribution in [0.5, 0.6) is 0 Å². The Kier molecular flexibility index (Phi) is 6.82. The van der Waals surface area contributed by atoms with Crippen molar-refractivity contribution in [3.05, 3.63) is 96.1 Å². The molecular weight excluding hydrogens is 539 g/mol. The molecule has 6 rings (SSSR count). The molecule has 0 spiro atoms. The first-order chi connectivity index (χ1) is 19.2. The lowest BCUT2D eigenvalue weighted by Crippen LogP contribution is -2.14. The molecule has 2 aromatic heterocycles. The molecule has 0 saturated carbocycles. The Balaban J connectivity index is 1.08. The summed E-state index contributed by atoms with van der Waals surface area (Å²) in [6.45, 7) is 6.44. The largest absolute Gasteiger partial charge is 0.456 e. The van der Waals surface area contributed by atoms with E-state index in [-0.39, 0.29) is 23.0 Å². The number of hydrogen-bond acceptors (Lipinski definition) is 6. The van der Waals surface area contributed by atoms with Crippen molar-refractivity contribution in [2.75, 3.05) is 16.4 Å². The molecule has 0 atom stereocenters. The zero-order chi connectivity index (χ0) is 27.9. The summed E-state index contributed by atoms with van der Waals surface area (Å²) in [6, 6.07) is 26.9. The average molecular weight is 566 g/mol. The molecule has 6 nitrogen and oxygen atoms in total. The molecule has 200 valence electrons. The molecule has 8 heteroatoms. The highest BCUT2D eigenvalue weighted by molar-refractivity contribution is 8.01. The molecule has 2 amide bonds. The number of carbonyl (C=O) groups is 2. The highest BCUT2D eigenvalue weighted by Gasteiger charge is 2.15. The molecule has 0 aliphatic heterocycles. The number of furan rings is 1. The molecule has 0 bridgehead atoms. The van der Waals surface area contributed by atoms with Gasteiger partial charge in [0.1, 0.15) is 11.2 Å². The van der Waals surface area contributed by atoms with Crippen molar-refractivity contribution in [1.29, 1.82) is 0 Å². The van der Waals surface area contributed by atoms with Crippen LogP contribution < -0.4 is 10.6 Å². The molecular formula is C32H27N3O3S2. The number of thioether (sulfide) groups is 1. The van der Waals surface area contributed by atoms with E-state index in [0.29, 0.717) is 16.9 Å². The van der Waals surface area contributed by atoms with Crippen LogP contribution in [-0.4, -0.2) is 22.6 Å². The fourth-order valence-corrected chi connectivity index (χ4v) is 6.40. The predicted molar refractivity (Wildman–Crippen MR) is 166 cm³/mol. The third-order valence-corrected chi connectivity index (χ3v) is 8.79. The van der Waals surface area contributed by atoms with Crippen LogP contribution >= 0.6 is 23.1 Å². The minimum Gasteiger partial charge on any atom is -0.456 e. The van der Waals surface area contributed by atoms with E-state index in [0.717, 1.165) is 36.5 Å². The van der Waals surface area contributed by atoms with E-state index in [4.69, 9.17) is 4.42 Å². The monoisotopic (exact) mass is 565 g/mol. The number of benzene rings is 4. The van der Waals surface area contributed by atoms with E-state index in [2.05, 4.69) is 36.4 Å². The van der Waals surface area contributed by atoms with Crippen molar-refractivity contribution in [3.63, 3.8) is 0 Å². The Morgan fingerprint density at radius 1 is 0.850 bits per heavy atom. The van der Waals surface area contributed by atoms with Crippen LogP contribution in [-0.2, 0) is 10.2 Å². The highest BCUT2D eigenvalue weighted by atomic mass is 32.2. The fourth-order valence-electron chi connectivity index (χ4n) is 4.50. The van der Waals surface area contributed by atoms with Crippen LogP contribution in [0, 0.1) is 0 Å². The van der Waals surface area contributed by atoms with E-state index < -0.39 is 0 Å². The Labute approximate surface area is 239 Å². The lowest BCUT2D eigenvalue weighted by atomic mass is 9.87. The maximum Gasteiger partial charge on any atom is 0.255 e. The van der Waals surface area contributed by atoms with Gasteiger partial charge in [-0.15, -0.1) is 11.3 Å². The molecule has 4 aromatic carbocycles. The predicted octanol–water partition coefficient (Wildman–Crippen LogP) is 8.48. The van der Waals surface area contributed by atoms with Crippen molar-refractivity contribution in [1.82, 2.24) is 4.98 Å². The minimum absolute atomic E-state index is 0.0341. The number of nitrogens with one attached hydrogen (secondary N) is 2. The van der Waals surface area contributed by atoms with Gasteiger partial charge in [-0.3, -0.25) is 9.59 Å². The molecule has 2 heterocycles. The number of rotatable bonds is 6. The van der Waals surface area contributed by atoms with E-state index >= 15 is 0 Å². The molecule has 0 radical (unpaired) electrons. The van der Waals surface area contributed by atoms with E-state index in [9.17, 15) is 9.59 Å². The van der Waals surface area contributed by atoms with E-state index in [1.807, 2.05) is 84.9 Å². The zero-order valence-corrected chi connectivity index (χ0v) is 23.9. The molecule has 0 aliphatic carbocycles. The molecule has 2 N–H and O–H groups in total. The van der Waals surface area contributed by atoms with Crippen LogP contribution in [0.2, 0.25) is 0 Å². The summed E-state index contributed by atoms with van der Waals surface area (Å²) < 4.78 is 7.66. The standard InChI is InChI=1S/C32H27N3O3S2/c1-32(2,3)20-10-8-19(9-11-20)30(37)34-22-13-15-25-28(17-22)40-31(35-25)39-18-29(36)33-21-12-14-24-23-6-4-5-7-26(23)38-27(24)16-21/h4-17H,18H2,1-3H3,(H,33,36)(H,34,37). The quantitative estimate of drug-likeness (QED) is 0.198. The number of amides is 2. The number of fused-ring (bicyclic) bond motifs is 4. The molecule has 0 saturated heterocycles. The Hall–Kier alpha value is -4.14. The molecule has 6 aromatic rings. The van der Waals surface area contributed by atoms with Gasteiger partial charge in [-0.05, 0) is 59.5 Å². The molecule has 40 heavy (non-hydrogen) atoms. The SMILES string of the molecule is CC(C)(C)c1ccc(C(=O)Nc2ccc3nc(SCC(=O)Nc4ccc5c(c4)oc4ccccc45)sc3c2)cc1. The second kappa shape index (κ2) is 10.4. The van der Waals surface area contributed by atoms with Gasteiger partial charge in [0.2, 0.25) is 5.91 Å². The first-order valence-corrected chi connectivity index (χ1v) is 14.7. The number of thiazole rings is 1. The lowest BCUT2D eigenvalue weighted by Gasteiger charge is -2.19. The maximum atomic E-state index is 12.8. The number of hydrogen-bond donors (Lipinski definition) is 2. The molecule has 0 aliphatic rings. The van der Waals surface area contributed by atoms with Gasteiger partial charge in [-0.1, -0.05) is 62.9 Å². The first kappa shape index (κ1) is 26.1. The maximum absolute atomic E-state index is 12.8. The van der Waals surface area contributed by atoms with Crippen molar-refractivity contribution in [3.8, 4) is 0 Å². The summed E-state index contributed by atoms with van der Waals surface area (Å²) in [5.41, 5.74) is 5.61. The highest BCUT2D eigenvalue weighted by Crippen LogP contribution is 2.33. The van der Waals surface area contributed by atoms with Crippen molar-refractivity contribution < 1.29 is 14.0 Å². The van der Waals surface area contributed by atoms with Gasteiger partial charge < -0.3 is 15.1 Å². The van der Waals surface area contributed by atoms with Gasteiger partial charge in [-0.2, -0.15) is 0 Å². The van der Waals surface area contributed by atoms with Crippen LogP contribution in [0.4, 0.5) is 11.4 Å². The van der Waals surface area contributed by atoms with E-state index in [1.54, 1.807) is 0 Å². The number of carbonyl (C=O) groups excluding carboxylic acids is 2. The summed E-state index contributed by atoms with van der Waals surface area (Å²) >= 11 is 2.88. The smallest absolute Gasteiger partial charge is 0.255 e. The number of para-hydroxylation sites is 1. The molecule has 0 unspecified atom stereocenters. The Bertz CT molecular complexity index is 1880. The lowest BCUT2D eigenvalue weighted by molar-refractivity contribution is -0.113. The van der Waals surface area contributed by atoms with Gasteiger partial charge in [0, 0.05) is 33.8 Å². The summed E-state index contributed by atoms with van der Waals surface area (Å²) in [7, 11) is 0. The van der Waals surface area contributed by atoms with Crippen molar-refractivity contribution in [2.24, 2.45) is 0 Å². The second-order valence-electron chi connectivity index (χ2n) is 10.6. The summed E-state index contributed by atoms with van der Waals surface area (Å²) in [5, 5.41) is 8.00. The van der Waals surface area contributed by atoms with Gasteiger partial charge in [-0.25, -0.2) is 4.98 Å². The third kappa shape index (κ3) is 5.46. The average Bonchev–Trinajstić information content (AvgIpc) is 3.51. The normalized spacial score (nSPS) is 11.8. The number of anilines is 2. The van der Waals surface area contributed by atoms with Crippen molar-refractivity contribution >= 4 is 78.4 Å². The van der Waals surface area contributed by atoms with Crippen LogP contribution in [0.25, 0.3) is 32.2 Å². The molecule has 0 fully saturated rings. The topological polar surface area (TPSA) is 84.2 Å². The number of aromatic nitrogens is 1. The summed E-state index contributed by atoms with van der Waals surface area (Å²) in [6.07, 6.45) is 0. The van der Waals surface area contributed by atoms with Crippen LogP contribution in [0.15, 0.2) is 93.7 Å². The van der Waals surface area contributed by atoms with E-state index in [1.165, 1.54) is 28.7 Å². The zero-order valence-electron chi connectivity index (χ0n) is 22.3. The van der Waals surface area contributed by atoms with Crippen LogP contribution in [0.3, 0.4) is 0 Å². The van der Waals surface area contributed by atoms with Gasteiger partial charge in [0.15, 0.2) is 4.34 Å². The van der Waals surface area contributed by atoms with Gasteiger partial charge in [0.25, 0.3) is 5.91 Å². The second-order valence-corrected chi connectivity index (χ2v) is 12.8. The van der Waals surface area contributed by atoms with Crippen molar-refractivity contribution in [2.45, 2.75) is 30.5 Å². The fraction of sp³-hybridized carbons (Fsp3) is 0.156. The van der Waals surface area contributed by atoms with Gasteiger partial charge in [0.05, 0.1) is 16.0 Å². The Morgan fingerprint density at radius 2 is 1.57 bits per heavy atom. The Morgan fingerprint density at radius 3 is 2.38 bits per heavy atom. The van der Waals surface area contributed by atoms with Crippen LogP contribution in [0.1, 0.15) is 36.7 Å². The third-order valence-electron chi connectivity index (χ3n) is 6.63. The minimum atomic E-state index is -0.156.